The molecule has 20 heavy (non-hydrogen) atoms. The van der Waals surface area contributed by atoms with Gasteiger partial charge in [0.2, 0.25) is 0 Å². The second-order valence-electron chi connectivity index (χ2n) is 6.38. The topological polar surface area (TPSA) is 12.0 Å². The quantitative estimate of drug-likeness (QED) is 0.765. The van der Waals surface area contributed by atoms with E-state index in [9.17, 15) is 0 Å². The van der Waals surface area contributed by atoms with Crippen LogP contribution in [-0.4, -0.2) is 7.05 Å². The van der Waals surface area contributed by atoms with Crippen LogP contribution in [0.2, 0.25) is 0 Å². The fourth-order valence-corrected chi connectivity index (χ4v) is 4.17. The highest BCUT2D eigenvalue weighted by molar-refractivity contribution is 5.36. The molecule has 0 aliphatic heterocycles. The summed E-state index contributed by atoms with van der Waals surface area (Å²) in [5, 5.41) is 3.68. The zero-order valence-electron chi connectivity index (χ0n) is 13.8. The second-order valence-corrected chi connectivity index (χ2v) is 6.38. The van der Waals surface area contributed by atoms with Gasteiger partial charge in [-0.3, -0.25) is 0 Å². The van der Waals surface area contributed by atoms with Crippen LogP contribution in [0.25, 0.3) is 0 Å². The van der Waals surface area contributed by atoms with Crippen molar-refractivity contribution in [1.29, 1.82) is 0 Å². The molecular weight excluding hydrogens is 242 g/mol. The van der Waals surface area contributed by atoms with Crippen LogP contribution in [0.1, 0.15) is 75.6 Å². The van der Waals surface area contributed by atoms with E-state index in [0.717, 1.165) is 12.8 Å². The number of hydrogen-bond donors (Lipinski definition) is 1. The third-order valence-electron chi connectivity index (χ3n) is 5.51. The van der Waals surface area contributed by atoms with E-state index in [1.165, 1.54) is 43.2 Å². The lowest BCUT2D eigenvalue weighted by atomic mass is 9.72. The van der Waals surface area contributed by atoms with Crippen molar-refractivity contribution in [3.63, 3.8) is 0 Å². The van der Waals surface area contributed by atoms with Crippen LogP contribution in [0.4, 0.5) is 0 Å². The van der Waals surface area contributed by atoms with Gasteiger partial charge in [-0.2, -0.15) is 0 Å². The van der Waals surface area contributed by atoms with Crippen LogP contribution >= 0.6 is 0 Å². The lowest BCUT2D eigenvalue weighted by Gasteiger charge is -2.38. The van der Waals surface area contributed by atoms with Gasteiger partial charge in [-0.15, -0.1) is 0 Å². The Labute approximate surface area is 125 Å². The molecule has 0 aromatic heterocycles. The fraction of sp³-hybridized carbons (Fsp3) is 0.684. The Balaban J connectivity index is 2.44. The van der Waals surface area contributed by atoms with E-state index in [0.29, 0.717) is 11.5 Å². The molecule has 0 radical (unpaired) electrons. The molecule has 112 valence electrons. The average Bonchev–Trinajstić information content (AvgIpc) is 2.98. The SMILES string of the molecule is CCc1ccc(CC)c(C(NC)C2(CC)CCCC2)c1. The molecule has 1 aromatic rings. The van der Waals surface area contributed by atoms with Gasteiger partial charge in [0.25, 0.3) is 0 Å². The highest BCUT2D eigenvalue weighted by Crippen LogP contribution is 2.50. The Hall–Kier alpha value is -0.820. The predicted molar refractivity (Wildman–Crippen MR) is 88.2 cm³/mol. The minimum Gasteiger partial charge on any atom is -0.313 e. The van der Waals surface area contributed by atoms with Gasteiger partial charge in [-0.25, -0.2) is 0 Å². The molecule has 1 aliphatic rings. The molecule has 1 nitrogen and oxygen atoms in total. The first kappa shape index (κ1) is 15.6. The van der Waals surface area contributed by atoms with E-state index in [4.69, 9.17) is 0 Å². The minimum atomic E-state index is 0.477. The lowest BCUT2D eigenvalue weighted by molar-refractivity contribution is 0.194. The Bertz CT molecular complexity index is 429. The van der Waals surface area contributed by atoms with Crippen molar-refractivity contribution in [1.82, 2.24) is 5.32 Å². The van der Waals surface area contributed by atoms with Gasteiger partial charge in [-0.1, -0.05) is 51.8 Å². The summed E-state index contributed by atoms with van der Waals surface area (Å²) in [6, 6.07) is 7.66. The largest absolute Gasteiger partial charge is 0.313 e. The molecule has 0 bridgehead atoms. The minimum absolute atomic E-state index is 0.477. The molecule has 0 heterocycles. The lowest BCUT2D eigenvalue weighted by Crippen LogP contribution is -2.35. The average molecular weight is 273 g/mol. The number of rotatable bonds is 6. The van der Waals surface area contributed by atoms with Gasteiger partial charge in [0.05, 0.1) is 0 Å². The number of nitrogens with one attached hydrogen (secondary N) is 1. The Morgan fingerprint density at radius 1 is 1.10 bits per heavy atom. The summed E-state index contributed by atoms with van der Waals surface area (Å²) < 4.78 is 0. The summed E-state index contributed by atoms with van der Waals surface area (Å²) in [6.07, 6.45) is 9.13. The molecule has 1 fully saturated rings. The van der Waals surface area contributed by atoms with Gasteiger partial charge >= 0.3 is 0 Å². The normalized spacial score (nSPS) is 19.2. The van der Waals surface area contributed by atoms with E-state index in [1.807, 2.05) is 0 Å². The molecule has 1 saturated carbocycles. The standard InChI is InChI=1S/C19H31N/c1-5-15-10-11-16(6-2)17(14-15)18(20-4)19(7-3)12-8-9-13-19/h10-11,14,18,20H,5-9,12-13H2,1-4H3. The molecule has 1 aromatic carbocycles. The van der Waals surface area contributed by atoms with E-state index in [-0.39, 0.29) is 0 Å². The van der Waals surface area contributed by atoms with Crippen molar-refractivity contribution in [2.75, 3.05) is 7.05 Å². The maximum absolute atomic E-state index is 3.68. The van der Waals surface area contributed by atoms with E-state index in [2.05, 4.69) is 51.3 Å². The molecule has 0 saturated heterocycles. The summed E-state index contributed by atoms with van der Waals surface area (Å²) in [7, 11) is 2.15. The predicted octanol–water partition coefficient (Wildman–Crippen LogP) is 5.04. The fourth-order valence-electron chi connectivity index (χ4n) is 4.17. The van der Waals surface area contributed by atoms with Gasteiger partial charge in [0.15, 0.2) is 0 Å². The van der Waals surface area contributed by atoms with Crippen LogP contribution in [-0.2, 0) is 12.8 Å². The Morgan fingerprint density at radius 2 is 1.80 bits per heavy atom. The first-order valence-electron chi connectivity index (χ1n) is 8.49. The molecule has 1 unspecified atom stereocenters. The third-order valence-corrected chi connectivity index (χ3v) is 5.51. The van der Waals surface area contributed by atoms with Crippen molar-refractivity contribution in [2.45, 2.75) is 71.8 Å². The van der Waals surface area contributed by atoms with Gasteiger partial charge in [-0.05, 0) is 61.3 Å². The summed E-state index contributed by atoms with van der Waals surface area (Å²) in [5.74, 6) is 0. The summed E-state index contributed by atoms with van der Waals surface area (Å²) in [6.45, 7) is 6.92. The summed E-state index contributed by atoms with van der Waals surface area (Å²) in [4.78, 5) is 0. The van der Waals surface area contributed by atoms with Gasteiger partial charge in [0, 0.05) is 6.04 Å². The molecule has 1 aliphatic carbocycles. The molecule has 0 spiro atoms. The molecular formula is C19H31N. The second kappa shape index (κ2) is 6.76. The maximum atomic E-state index is 3.68. The van der Waals surface area contributed by atoms with Crippen molar-refractivity contribution in [2.24, 2.45) is 5.41 Å². The Morgan fingerprint density at radius 3 is 2.30 bits per heavy atom. The van der Waals surface area contributed by atoms with E-state index in [1.54, 1.807) is 5.56 Å². The van der Waals surface area contributed by atoms with E-state index >= 15 is 0 Å². The van der Waals surface area contributed by atoms with Crippen molar-refractivity contribution in [3.05, 3.63) is 34.9 Å². The number of hydrogen-bond acceptors (Lipinski definition) is 1. The van der Waals surface area contributed by atoms with Crippen molar-refractivity contribution in [3.8, 4) is 0 Å². The van der Waals surface area contributed by atoms with Crippen LogP contribution in [0.15, 0.2) is 18.2 Å². The van der Waals surface area contributed by atoms with Crippen LogP contribution in [0.5, 0.6) is 0 Å². The molecule has 0 amide bonds. The third kappa shape index (κ3) is 2.79. The Kier molecular flexibility index (Phi) is 5.26. The molecule has 2 rings (SSSR count). The zero-order valence-corrected chi connectivity index (χ0v) is 13.8. The summed E-state index contributed by atoms with van der Waals surface area (Å²) in [5.41, 5.74) is 5.05. The molecule has 1 atom stereocenters. The molecule has 1 N–H and O–H groups in total. The van der Waals surface area contributed by atoms with Crippen LogP contribution < -0.4 is 5.32 Å². The van der Waals surface area contributed by atoms with Crippen LogP contribution in [0, 0.1) is 5.41 Å². The number of aryl methyl sites for hydroxylation is 2. The zero-order chi connectivity index (χ0) is 14.6. The molecule has 1 heteroatoms. The highest BCUT2D eigenvalue weighted by Gasteiger charge is 2.40. The summed E-state index contributed by atoms with van der Waals surface area (Å²) >= 11 is 0. The van der Waals surface area contributed by atoms with E-state index < -0.39 is 0 Å². The van der Waals surface area contributed by atoms with Crippen LogP contribution in [0.3, 0.4) is 0 Å². The first-order valence-corrected chi connectivity index (χ1v) is 8.49. The monoisotopic (exact) mass is 273 g/mol. The highest BCUT2D eigenvalue weighted by atomic mass is 14.9. The van der Waals surface area contributed by atoms with Crippen molar-refractivity contribution < 1.29 is 0 Å². The first-order chi connectivity index (χ1) is 9.70. The number of benzene rings is 1. The van der Waals surface area contributed by atoms with Gasteiger partial charge < -0.3 is 5.32 Å². The smallest absolute Gasteiger partial charge is 0.0377 e. The van der Waals surface area contributed by atoms with Crippen molar-refractivity contribution >= 4 is 0 Å². The maximum Gasteiger partial charge on any atom is 0.0377 e. The van der Waals surface area contributed by atoms with Gasteiger partial charge in [0.1, 0.15) is 0 Å².